The third kappa shape index (κ3) is 3.32. The fourth-order valence-corrected chi connectivity index (χ4v) is 2.52. The second-order valence-corrected chi connectivity index (χ2v) is 5.55. The molecule has 0 radical (unpaired) electrons. The molecule has 2 heterocycles. The largest absolute Gasteiger partial charge is 0.382 e. The average Bonchev–Trinajstić information content (AvgIpc) is 2.97. The van der Waals surface area contributed by atoms with Crippen molar-refractivity contribution in [1.82, 2.24) is 4.98 Å². The standard InChI is InChI=1S/C16H13ClFN3O2/c1-9-5-6-19-14(7-9)20-16(22)13-8-12(21-23-13)15-10(17)3-2-4-11(15)18/h2-7,13H,8H2,1H3,(H,19,20,22)/t13-/m0/s1. The summed E-state index contributed by atoms with van der Waals surface area (Å²) in [6.45, 7) is 1.89. The Kier molecular flexibility index (Phi) is 4.25. The monoisotopic (exact) mass is 333 g/mol. The SMILES string of the molecule is Cc1ccnc(NC(=O)[C@@H]2CC(c3c(F)cccc3Cl)=NO2)c1. The van der Waals surface area contributed by atoms with E-state index in [1.807, 2.05) is 13.0 Å². The second kappa shape index (κ2) is 6.34. The number of halogens is 2. The number of anilines is 1. The zero-order chi connectivity index (χ0) is 16.4. The van der Waals surface area contributed by atoms with Gasteiger partial charge in [-0.1, -0.05) is 22.8 Å². The maximum absolute atomic E-state index is 13.9. The van der Waals surface area contributed by atoms with Crippen LogP contribution in [0.2, 0.25) is 5.02 Å². The van der Waals surface area contributed by atoms with Crippen LogP contribution in [0.25, 0.3) is 0 Å². The smallest absolute Gasteiger partial charge is 0.269 e. The van der Waals surface area contributed by atoms with Crippen LogP contribution in [0.3, 0.4) is 0 Å². The van der Waals surface area contributed by atoms with Crippen LogP contribution in [-0.4, -0.2) is 22.7 Å². The minimum absolute atomic E-state index is 0.137. The van der Waals surface area contributed by atoms with Crippen molar-refractivity contribution in [1.29, 1.82) is 0 Å². The molecule has 0 saturated carbocycles. The van der Waals surface area contributed by atoms with Gasteiger partial charge in [0.1, 0.15) is 11.6 Å². The third-order valence-corrected chi connectivity index (χ3v) is 3.69. The topological polar surface area (TPSA) is 63.6 Å². The molecular weight excluding hydrogens is 321 g/mol. The van der Waals surface area contributed by atoms with Gasteiger partial charge < -0.3 is 10.2 Å². The van der Waals surface area contributed by atoms with E-state index >= 15 is 0 Å². The number of carbonyl (C=O) groups excluding carboxylic acids is 1. The Morgan fingerprint density at radius 1 is 1.43 bits per heavy atom. The summed E-state index contributed by atoms with van der Waals surface area (Å²) in [6, 6.07) is 7.91. The number of amides is 1. The molecule has 23 heavy (non-hydrogen) atoms. The Balaban J connectivity index is 1.70. The Bertz CT molecular complexity index is 774. The van der Waals surface area contributed by atoms with E-state index in [-0.39, 0.29) is 17.0 Å². The number of hydrogen-bond acceptors (Lipinski definition) is 4. The molecule has 2 aromatic rings. The van der Waals surface area contributed by atoms with Gasteiger partial charge in [0.2, 0.25) is 6.10 Å². The van der Waals surface area contributed by atoms with E-state index in [1.54, 1.807) is 18.3 Å². The van der Waals surface area contributed by atoms with Gasteiger partial charge in [-0.3, -0.25) is 4.79 Å². The number of nitrogens with zero attached hydrogens (tertiary/aromatic N) is 2. The molecule has 1 amide bonds. The molecule has 1 aliphatic rings. The van der Waals surface area contributed by atoms with Gasteiger partial charge in [0, 0.05) is 12.6 Å². The molecule has 1 N–H and O–H groups in total. The van der Waals surface area contributed by atoms with Crippen molar-refractivity contribution in [3.8, 4) is 0 Å². The second-order valence-electron chi connectivity index (χ2n) is 5.14. The minimum atomic E-state index is -0.844. The average molecular weight is 334 g/mol. The Hall–Kier alpha value is -2.47. The molecule has 5 nitrogen and oxygen atoms in total. The van der Waals surface area contributed by atoms with Crippen LogP contribution < -0.4 is 5.32 Å². The van der Waals surface area contributed by atoms with Crippen LogP contribution in [0.4, 0.5) is 10.2 Å². The number of aromatic nitrogens is 1. The van der Waals surface area contributed by atoms with E-state index in [9.17, 15) is 9.18 Å². The summed E-state index contributed by atoms with van der Waals surface area (Å²) in [5.41, 5.74) is 1.45. The van der Waals surface area contributed by atoms with Crippen molar-refractivity contribution in [2.45, 2.75) is 19.4 Å². The molecule has 0 bridgehead atoms. The van der Waals surface area contributed by atoms with Crippen LogP contribution in [-0.2, 0) is 9.63 Å². The van der Waals surface area contributed by atoms with Gasteiger partial charge in [0.15, 0.2) is 0 Å². The number of oxime groups is 1. The summed E-state index contributed by atoms with van der Waals surface area (Å²) in [7, 11) is 0. The van der Waals surface area contributed by atoms with E-state index in [0.717, 1.165) is 5.56 Å². The van der Waals surface area contributed by atoms with Crippen molar-refractivity contribution in [3.63, 3.8) is 0 Å². The number of pyridine rings is 1. The summed E-state index contributed by atoms with van der Waals surface area (Å²) in [6.07, 6.45) is 0.891. The number of nitrogens with one attached hydrogen (secondary N) is 1. The fraction of sp³-hybridized carbons (Fsp3) is 0.188. The Morgan fingerprint density at radius 2 is 2.26 bits per heavy atom. The first kappa shape index (κ1) is 15.4. The summed E-state index contributed by atoms with van der Waals surface area (Å²) in [5, 5.41) is 6.68. The van der Waals surface area contributed by atoms with E-state index in [1.165, 1.54) is 12.1 Å². The number of carbonyl (C=O) groups is 1. The molecule has 3 rings (SSSR count). The molecule has 118 valence electrons. The maximum Gasteiger partial charge on any atom is 0.269 e. The molecule has 7 heteroatoms. The van der Waals surface area contributed by atoms with E-state index in [2.05, 4.69) is 15.5 Å². The number of rotatable bonds is 3. The lowest BCUT2D eigenvalue weighted by Crippen LogP contribution is -2.28. The number of aryl methyl sites for hydroxylation is 1. The van der Waals surface area contributed by atoms with Crippen LogP contribution in [0.5, 0.6) is 0 Å². The molecule has 1 aliphatic heterocycles. The molecule has 0 fully saturated rings. The van der Waals surface area contributed by atoms with Crippen molar-refractivity contribution >= 4 is 29.0 Å². The molecule has 0 aliphatic carbocycles. The maximum atomic E-state index is 13.9. The van der Waals surface area contributed by atoms with Crippen molar-refractivity contribution < 1.29 is 14.0 Å². The fourth-order valence-electron chi connectivity index (χ4n) is 2.25. The van der Waals surface area contributed by atoms with Crippen LogP contribution in [0.15, 0.2) is 41.7 Å². The van der Waals surface area contributed by atoms with E-state index in [0.29, 0.717) is 11.5 Å². The normalized spacial score (nSPS) is 16.7. The molecule has 1 aromatic carbocycles. The number of hydrogen-bond donors (Lipinski definition) is 1. The van der Waals surface area contributed by atoms with E-state index in [4.69, 9.17) is 16.4 Å². The molecule has 0 spiro atoms. The third-order valence-electron chi connectivity index (χ3n) is 3.38. The lowest BCUT2D eigenvalue weighted by atomic mass is 10.0. The summed E-state index contributed by atoms with van der Waals surface area (Å²) in [5.74, 6) is -0.466. The highest BCUT2D eigenvalue weighted by Crippen LogP contribution is 2.25. The predicted molar refractivity (Wildman–Crippen MR) is 85.0 cm³/mol. The Morgan fingerprint density at radius 3 is 3.00 bits per heavy atom. The highest BCUT2D eigenvalue weighted by molar-refractivity contribution is 6.34. The van der Waals surface area contributed by atoms with Crippen molar-refractivity contribution in [2.75, 3.05) is 5.32 Å². The quantitative estimate of drug-likeness (QED) is 0.937. The van der Waals surface area contributed by atoms with Gasteiger partial charge in [-0.15, -0.1) is 0 Å². The molecule has 0 unspecified atom stereocenters. The van der Waals surface area contributed by atoms with Crippen molar-refractivity contribution in [3.05, 3.63) is 58.5 Å². The van der Waals surface area contributed by atoms with Crippen LogP contribution in [0, 0.1) is 12.7 Å². The van der Waals surface area contributed by atoms with Crippen LogP contribution in [0.1, 0.15) is 17.5 Å². The first-order valence-electron chi connectivity index (χ1n) is 6.95. The first-order valence-corrected chi connectivity index (χ1v) is 7.33. The highest BCUT2D eigenvalue weighted by Gasteiger charge is 2.31. The van der Waals surface area contributed by atoms with Gasteiger partial charge in [-0.2, -0.15) is 0 Å². The molecule has 1 aromatic heterocycles. The van der Waals surface area contributed by atoms with E-state index < -0.39 is 17.8 Å². The van der Waals surface area contributed by atoms with Gasteiger partial charge >= 0.3 is 0 Å². The van der Waals surface area contributed by atoms with Gasteiger partial charge in [0.25, 0.3) is 5.91 Å². The van der Waals surface area contributed by atoms with Crippen molar-refractivity contribution in [2.24, 2.45) is 5.16 Å². The molecule has 0 saturated heterocycles. The highest BCUT2D eigenvalue weighted by atomic mass is 35.5. The number of benzene rings is 1. The summed E-state index contributed by atoms with van der Waals surface area (Å²) in [4.78, 5) is 21.4. The zero-order valence-corrected chi connectivity index (χ0v) is 13.0. The molecule has 1 atom stereocenters. The van der Waals surface area contributed by atoms with Gasteiger partial charge in [-0.05, 0) is 36.8 Å². The lowest BCUT2D eigenvalue weighted by Gasteiger charge is -2.09. The summed E-state index contributed by atoms with van der Waals surface area (Å²) < 4.78 is 13.9. The molecular formula is C16H13ClFN3O2. The summed E-state index contributed by atoms with van der Waals surface area (Å²) >= 11 is 6.00. The predicted octanol–water partition coefficient (Wildman–Crippen LogP) is 3.31. The van der Waals surface area contributed by atoms with Gasteiger partial charge in [0.05, 0.1) is 16.3 Å². The zero-order valence-electron chi connectivity index (χ0n) is 12.2. The lowest BCUT2D eigenvalue weighted by molar-refractivity contribution is -0.125. The van der Waals surface area contributed by atoms with Gasteiger partial charge in [-0.25, -0.2) is 9.37 Å². The Labute approximate surface area is 137 Å². The first-order chi connectivity index (χ1) is 11.0. The van der Waals surface area contributed by atoms with Crippen LogP contribution >= 0.6 is 11.6 Å². The minimum Gasteiger partial charge on any atom is -0.382 e.